The molecule has 0 aliphatic rings. The first-order valence-corrected chi connectivity index (χ1v) is 5.79. The van der Waals surface area contributed by atoms with Crippen molar-refractivity contribution >= 4 is 5.97 Å². The predicted octanol–water partition coefficient (Wildman–Crippen LogP) is 3.15. The van der Waals surface area contributed by atoms with E-state index in [1.807, 2.05) is 0 Å². The van der Waals surface area contributed by atoms with Gasteiger partial charge in [-0.25, -0.2) is 13.8 Å². The van der Waals surface area contributed by atoms with E-state index in [0.29, 0.717) is 6.07 Å². The summed E-state index contributed by atoms with van der Waals surface area (Å²) in [6.45, 7) is 1.55. The first-order chi connectivity index (χ1) is 9.70. The van der Waals surface area contributed by atoms with Crippen molar-refractivity contribution in [2.75, 3.05) is 13.7 Å². The summed E-state index contributed by atoms with van der Waals surface area (Å²) in [5.74, 6) is -1.16. The molecule has 0 aliphatic carbocycles. The van der Waals surface area contributed by atoms with Crippen molar-refractivity contribution in [3.05, 3.63) is 23.0 Å². The monoisotopic (exact) mass is 313 g/mol. The molecule has 4 nitrogen and oxygen atoms in total. The fourth-order valence-corrected chi connectivity index (χ4v) is 1.59. The number of alkyl halides is 5. The van der Waals surface area contributed by atoms with Gasteiger partial charge in [0.2, 0.25) is 0 Å². The van der Waals surface area contributed by atoms with E-state index in [4.69, 9.17) is 4.74 Å². The van der Waals surface area contributed by atoms with Crippen LogP contribution in [0.25, 0.3) is 0 Å². The molecule has 0 aliphatic heterocycles. The maximum atomic E-state index is 12.8. The maximum absolute atomic E-state index is 12.8. The molecule has 1 heterocycles. The van der Waals surface area contributed by atoms with Crippen molar-refractivity contribution in [2.45, 2.75) is 25.9 Å². The zero-order valence-electron chi connectivity index (χ0n) is 11.1. The molecule has 0 amide bonds. The second-order valence-electron chi connectivity index (χ2n) is 3.86. The number of esters is 1. The van der Waals surface area contributed by atoms with E-state index < -0.39 is 41.9 Å². The van der Waals surface area contributed by atoms with Gasteiger partial charge in [-0.15, -0.1) is 0 Å². The summed E-state index contributed by atoms with van der Waals surface area (Å²) in [5.41, 5.74) is -3.45. The molecule has 118 valence electrons. The number of hydrogen-bond acceptors (Lipinski definition) is 4. The van der Waals surface area contributed by atoms with Crippen LogP contribution >= 0.6 is 0 Å². The van der Waals surface area contributed by atoms with E-state index in [0.717, 1.165) is 7.11 Å². The number of aromatic nitrogens is 1. The molecular formula is C12H12F5NO3. The Balaban J connectivity index is 3.34. The number of nitrogens with zero attached hydrogens (tertiary/aromatic N) is 1. The van der Waals surface area contributed by atoms with Gasteiger partial charge in [-0.05, 0) is 13.0 Å². The molecular weight excluding hydrogens is 301 g/mol. The normalized spacial score (nSPS) is 11.6. The van der Waals surface area contributed by atoms with Gasteiger partial charge in [-0.2, -0.15) is 13.2 Å². The van der Waals surface area contributed by atoms with Crippen LogP contribution in [0.4, 0.5) is 22.0 Å². The summed E-state index contributed by atoms with van der Waals surface area (Å²) in [7, 11) is 1.08. The Morgan fingerprint density at radius 2 is 2.00 bits per heavy atom. The van der Waals surface area contributed by atoms with E-state index in [2.05, 4.69) is 9.72 Å². The standard InChI is InChI=1S/C12H12F5NO3/c1-3-21-9(19)5-7-8(20-2)4-6(11(13)14)10(18-7)12(15,16)17/h4,11H,3,5H2,1-2H3. The van der Waals surface area contributed by atoms with Gasteiger partial charge in [-0.1, -0.05) is 0 Å². The lowest BCUT2D eigenvalue weighted by molar-refractivity contribution is -0.145. The quantitative estimate of drug-likeness (QED) is 0.619. The summed E-state index contributed by atoms with van der Waals surface area (Å²) in [4.78, 5) is 14.4. The third-order valence-electron chi connectivity index (χ3n) is 2.43. The first-order valence-electron chi connectivity index (χ1n) is 5.79. The number of pyridine rings is 1. The number of rotatable bonds is 5. The number of ether oxygens (including phenoxy) is 2. The van der Waals surface area contributed by atoms with Gasteiger partial charge < -0.3 is 9.47 Å². The molecule has 0 aromatic carbocycles. The Kier molecular flexibility index (Phi) is 5.45. The topological polar surface area (TPSA) is 48.4 Å². The smallest absolute Gasteiger partial charge is 0.433 e. The van der Waals surface area contributed by atoms with Crippen molar-refractivity contribution in [3.63, 3.8) is 0 Å². The van der Waals surface area contributed by atoms with Crippen LogP contribution in [0, 0.1) is 0 Å². The minimum atomic E-state index is -5.07. The van der Waals surface area contributed by atoms with Gasteiger partial charge in [0.1, 0.15) is 5.75 Å². The highest BCUT2D eigenvalue weighted by Crippen LogP contribution is 2.37. The lowest BCUT2D eigenvalue weighted by Crippen LogP contribution is -2.17. The van der Waals surface area contributed by atoms with Gasteiger partial charge in [-0.3, -0.25) is 4.79 Å². The minimum Gasteiger partial charge on any atom is -0.495 e. The van der Waals surface area contributed by atoms with Crippen LogP contribution in [0.15, 0.2) is 6.07 Å². The average molecular weight is 313 g/mol. The van der Waals surface area contributed by atoms with Crippen molar-refractivity contribution in [1.82, 2.24) is 4.98 Å². The fourth-order valence-electron chi connectivity index (χ4n) is 1.59. The van der Waals surface area contributed by atoms with Crippen LogP contribution < -0.4 is 4.74 Å². The van der Waals surface area contributed by atoms with E-state index in [1.54, 1.807) is 0 Å². The fraction of sp³-hybridized carbons (Fsp3) is 0.500. The van der Waals surface area contributed by atoms with Crippen LogP contribution in [-0.4, -0.2) is 24.7 Å². The third kappa shape index (κ3) is 4.27. The first kappa shape index (κ1) is 17.1. The summed E-state index contributed by atoms with van der Waals surface area (Å²) in [6, 6.07) is 0.537. The van der Waals surface area contributed by atoms with Crippen molar-refractivity contribution in [3.8, 4) is 5.75 Å². The Hall–Kier alpha value is -1.93. The number of carbonyl (C=O) groups excluding carboxylic acids is 1. The molecule has 1 aromatic rings. The zero-order chi connectivity index (χ0) is 16.2. The second kappa shape index (κ2) is 6.68. The number of halogens is 5. The van der Waals surface area contributed by atoms with Gasteiger partial charge in [0.15, 0.2) is 5.69 Å². The van der Waals surface area contributed by atoms with Crippen molar-refractivity contribution < 1.29 is 36.2 Å². The highest BCUT2D eigenvalue weighted by molar-refractivity contribution is 5.73. The summed E-state index contributed by atoms with van der Waals surface area (Å²) < 4.78 is 73.0. The number of carbonyl (C=O) groups is 1. The Morgan fingerprint density at radius 3 is 2.43 bits per heavy atom. The minimum absolute atomic E-state index is 0.0302. The van der Waals surface area contributed by atoms with E-state index >= 15 is 0 Å². The summed E-state index contributed by atoms with van der Waals surface area (Å²) in [6.07, 6.45) is -9.05. The van der Waals surface area contributed by atoms with Crippen LogP contribution in [0.2, 0.25) is 0 Å². The molecule has 0 saturated heterocycles. The molecule has 0 saturated carbocycles. The van der Waals surface area contributed by atoms with Crippen LogP contribution in [0.1, 0.15) is 30.3 Å². The number of methoxy groups -OCH3 is 1. The average Bonchev–Trinajstić information content (AvgIpc) is 2.37. The van der Waals surface area contributed by atoms with Gasteiger partial charge in [0.25, 0.3) is 6.43 Å². The van der Waals surface area contributed by atoms with Crippen LogP contribution in [0.5, 0.6) is 5.75 Å². The van der Waals surface area contributed by atoms with Crippen LogP contribution in [0.3, 0.4) is 0 Å². The van der Waals surface area contributed by atoms with Gasteiger partial charge in [0, 0.05) is 0 Å². The summed E-state index contributed by atoms with van der Waals surface area (Å²) >= 11 is 0. The molecule has 0 unspecified atom stereocenters. The Morgan fingerprint density at radius 1 is 1.38 bits per heavy atom. The molecule has 0 atom stereocenters. The highest BCUT2D eigenvalue weighted by Gasteiger charge is 2.39. The highest BCUT2D eigenvalue weighted by atomic mass is 19.4. The van der Waals surface area contributed by atoms with E-state index in [1.165, 1.54) is 6.92 Å². The lowest BCUT2D eigenvalue weighted by Gasteiger charge is -2.15. The second-order valence-corrected chi connectivity index (χ2v) is 3.86. The molecule has 9 heteroatoms. The van der Waals surface area contributed by atoms with E-state index in [9.17, 15) is 26.7 Å². The SMILES string of the molecule is CCOC(=O)Cc1nc(C(F)(F)F)c(C(F)F)cc1OC. The molecule has 0 spiro atoms. The van der Waals surface area contributed by atoms with Crippen LogP contribution in [-0.2, 0) is 22.1 Å². The molecule has 0 N–H and O–H groups in total. The molecule has 1 aromatic heterocycles. The lowest BCUT2D eigenvalue weighted by atomic mass is 10.1. The largest absolute Gasteiger partial charge is 0.495 e. The molecule has 0 fully saturated rings. The maximum Gasteiger partial charge on any atom is 0.433 e. The van der Waals surface area contributed by atoms with Crippen molar-refractivity contribution in [2.24, 2.45) is 0 Å². The zero-order valence-corrected chi connectivity index (χ0v) is 11.1. The Labute approximate surface area is 116 Å². The number of hydrogen-bond donors (Lipinski definition) is 0. The molecule has 0 radical (unpaired) electrons. The predicted molar refractivity (Wildman–Crippen MR) is 61.1 cm³/mol. The molecule has 21 heavy (non-hydrogen) atoms. The van der Waals surface area contributed by atoms with Gasteiger partial charge >= 0.3 is 12.1 Å². The summed E-state index contributed by atoms with van der Waals surface area (Å²) in [5, 5.41) is 0. The molecule has 0 bridgehead atoms. The molecule has 1 rings (SSSR count). The van der Waals surface area contributed by atoms with E-state index in [-0.39, 0.29) is 12.4 Å². The van der Waals surface area contributed by atoms with Gasteiger partial charge in [0.05, 0.1) is 31.4 Å². The third-order valence-corrected chi connectivity index (χ3v) is 2.43. The van der Waals surface area contributed by atoms with Crippen molar-refractivity contribution in [1.29, 1.82) is 0 Å². The Bertz CT molecular complexity index is 516.